The highest BCUT2D eigenvalue weighted by Crippen LogP contribution is 2.39. The molecular formula is C17H17N5O4. The maximum Gasteiger partial charge on any atom is 0.260 e. The molecule has 9 nitrogen and oxygen atoms in total. The van der Waals surface area contributed by atoms with Crippen LogP contribution in [0.25, 0.3) is 10.8 Å². The Morgan fingerprint density at radius 1 is 1.35 bits per heavy atom. The number of ether oxygens (including phenoxy) is 1. The Balaban J connectivity index is 2.26. The summed E-state index contributed by atoms with van der Waals surface area (Å²) >= 11 is 0. The minimum Gasteiger partial charge on any atom is -0.504 e. The lowest BCUT2D eigenvalue weighted by atomic mass is 10.1. The third-order valence-electron chi connectivity index (χ3n) is 3.98. The van der Waals surface area contributed by atoms with Gasteiger partial charge in [0, 0.05) is 18.9 Å². The van der Waals surface area contributed by atoms with Crippen LogP contribution in [0.1, 0.15) is 17.3 Å². The summed E-state index contributed by atoms with van der Waals surface area (Å²) in [5.74, 6) is -0.492. The molecule has 0 radical (unpaired) electrons. The lowest BCUT2D eigenvalue weighted by Gasteiger charge is -2.18. The van der Waals surface area contributed by atoms with E-state index in [0.717, 1.165) is 0 Å². The molecule has 2 aromatic heterocycles. The van der Waals surface area contributed by atoms with Crippen LogP contribution in [0.3, 0.4) is 0 Å². The van der Waals surface area contributed by atoms with E-state index in [9.17, 15) is 14.7 Å². The second kappa shape index (κ2) is 6.71. The van der Waals surface area contributed by atoms with Crippen molar-refractivity contribution in [2.75, 3.05) is 18.2 Å². The number of benzene rings is 1. The number of carbonyl (C=O) groups is 1. The fourth-order valence-electron chi connectivity index (χ4n) is 2.77. The van der Waals surface area contributed by atoms with Gasteiger partial charge >= 0.3 is 0 Å². The van der Waals surface area contributed by atoms with Crippen molar-refractivity contribution in [3.63, 3.8) is 0 Å². The number of pyridine rings is 1. The summed E-state index contributed by atoms with van der Waals surface area (Å²) in [5.41, 5.74) is 6.20. The molecule has 0 saturated carbocycles. The molecule has 2 heterocycles. The van der Waals surface area contributed by atoms with Crippen molar-refractivity contribution < 1.29 is 14.6 Å². The molecule has 0 unspecified atom stereocenters. The molecule has 3 rings (SSSR count). The van der Waals surface area contributed by atoms with Gasteiger partial charge in [-0.05, 0) is 19.1 Å². The van der Waals surface area contributed by atoms with E-state index < -0.39 is 5.91 Å². The fraction of sp³-hybridized carbons (Fsp3) is 0.176. The van der Waals surface area contributed by atoms with Gasteiger partial charge in [0.15, 0.2) is 11.5 Å². The number of nitrogen functional groups attached to an aromatic ring is 1. The smallest absolute Gasteiger partial charge is 0.260 e. The largest absolute Gasteiger partial charge is 0.504 e. The number of methoxy groups -OCH3 is 1. The predicted molar refractivity (Wildman–Crippen MR) is 96.5 cm³/mol. The van der Waals surface area contributed by atoms with E-state index in [1.54, 1.807) is 6.92 Å². The van der Waals surface area contributed by atoms with Gasteiger partial charge in [-0.15, -0.1) is 0 Å². The molecule has 0 bridgehead atoms. The number of anilines is 2. The first-order valence-electron chi connectivity index (χ1n) is 7.77. The molecule has 0 aliphatic carbocycles. The first kappa shape index (κ1) is 17.2. The van der Waals surface area contributed by atoms with Crippen molar-refractivity contribution in [2.45, 2.75) is 13.5 Å². The SMILES string of the molecule is CCn1c(NC(=O)c2cncnc2)c(N)c2c(OC)c(O)ccc2c1=O. The van der Waals surface area contributed by atoms with Crippen molar-refractivity contribution in [2.24, 2.45) is 0 Å². The number of aromatic nitrogens is 3. The highest BCUT2D eigenvalue weighted by atomic mass is 16.5. The molecule has 26 heavy (non-hydrogen) atoms. The van der Waals surface area contributed by atoms with E-state index in [-0.39, 0.29) is 51.4 Å². The average Bonchev–Trinajstić information content (AvgIpc) is 2.66. The molecule has 1 amide bonds. The number of amides is 1. The average molecular weight is 355 g/mol. The van der Waals surface area contributed by atoms with E-state index in [0.29, 0.717) is 0 Å². The summed E-state index contributed by atoms with van der Waals surface area (Å²) in [6.45, 7) is 2.04. The lowest BCUT2D eigenvalue weighted by molar-refractivity contribution is 0.102. The minimum atomic E-state index is -0.516. The molecule has 9 heteroatoms. The van der Waals surface area contributed by atoms with Crippen LogP contribution in [-0.2, 0) is 6.54 Å². The maximum absolute atomic E-state index is 12.8. The van der Waals surface area contributed by atoms with Crippen LogP contribution in [0, 0.1) is 0 Å². The van der Waals surface area contributed by atoms with Crippen LogP contribution in [0.2, 0.25) is 0 Å². The van der Waals surface area contributed by atoms with Gasteiger partial charge in [-0.2, -0.15) is 0 Å². The molecule has 0 saturated heterocycles. The summed E-state index contributed by atoms with van der Waals surface area (Å²) in [7, 11) is 1.36. The van der Waals surface area contributed by atoms with Gasteiger partial charge in [-0.3, -0.25) is 14.2 Å². The normalized spacial score (nSPS) is 10.7. The summed E-state index contributed by atoms with van der Waals surface area (Å²) < 4.78 is 6.54. The molecule has 0 aliphatic heterocycles. The molecule has 0 atom stereocenters. The van der Waals surface area contributed by atoms with Gasteiger partial charge in [-0.25, -0.2) is 9.97 Å². The first-order valence-corrected chi connectivity index (χ1v) is 7.77. The zero-order valence-electron chi connectivity index (χ0n) is 14.2. The van der Waals surface area contributed by atoms with Crippen LogP contribution in [0.5, 0.6) is 11.5 Å². The van der Waals surface area contributed by atoms with Gasteiger partial charge in [0.2, 0.25) is 0 Å². The Bertz CT molecular complexity index is 1050. The second-order valence-corrected chi connectivity index (χ2v) is 5.43. The molecule has 0 fully saturated rings. The third-order valence-corrected chi connectivity index (χ3v) is 3.98. The zero-order chi connectivity index (χ0) is 18.8. The van der Waals surface area contributed by atoms with Crippen molar-refractivity contribution in [1.29, 1.82) is 0 Å². The summed E-state index contributed by atoms with van der Waals surface area (Å²) in [6.07, 6.45) is 4.00. The van der Waals surface area contributed by atoms with Crippen LogP contribution in [0.4, 0.5) is 11.5 Å². The topological polar surface area (TPSA) is 132 Å². The Labute approximate surface area is 148 Å². The summed E-state index contributed by atoms with van der Waals surface area (Å²) in [6, 6.07) is 2.83. The summed E-state index contributed by atoms with van der Waals surface area (Å²) in [5, 5.41) is 13.2. The molecule has 1 aromatic carbocycles. The third kappa shape index (κ3) is 2.69. The van der Waals surface area contributed by atoms with Crippen molar-refractivity contribution in [3.05, 3.63) is 46.8 Å². The second-order valence-electron chi connectivity index (χ2n) is 5.43. The molecule has 0 spiro atoms. The molecule has 0 aliphatic rings. The zero-order valence-corrected chi connectivity index (χ0v) is 14.2. The van der Waals surface area contributed by atoms with Crippen molar-refractivity contribution in [3.8, 4) is 11.5 Å². The number of nitrogens with two attached hydrogens (primary N) is 1. The molecule has 134 valence electrons. The van der Waals surface area contributed by atoms with Gasteiger partial charge in [0.1, 0.15) is 12.1 Å². The highest BCUT2D eigenvalue weighted by molar-refractivity contribution is 6.09. The number of hydrogen-bond acceptors (Lipinski definition) is 7. The Morgan fingerprint density at radius 2 is 2.04 bits per heavy atom. The lowest BCUT2D eigenvalue weighted by Crippen LogP contribution is -2.27. The number of aromatic hydroxyl groups is 1. The van der Waals surface area contributed by atoms with Crippen LogP contribution in [0.15, 0.2) is 35.6 Å². The van der Waals surface area contributed by atoms with E-state index in [4.69, 9.17) is 10.5 Å². The van der Waals surface area contributed by atoms with Crippen LogP contribution in [-0.4, -0.2) is 32.7 Å². The standard InChI is InChI=1S/C17H17N5O4/c1-3-22-15(21-16(24)9-6-19-8-20-7-9)13(18)12-10(17(22)25)4-5-11(23)14(12)26-2/h4-8,23H,3,18H2,1-2H3,(H,21,24). The summed E-state index contributed by atoms with van der Waals surface area (Å²) in [4.78, 5) is 32.9. The van der Waals surface area contributed by atoms with Gasteiger partial charge in [0.25, 0.3) is 11.5 Å². The van der Waals surface area contributed by atoms with Gasteiger partial charge in [-0.1, -0.05) is 0 Å². The number of fused-ring (bicyclic) bond motifs is 1. The quantitative estimate of drug-likeness (QED) is 0.643. The van der Waals surface area contributed by atoms with Crippen molar-refractivity contribution in [1.82, 2.24) is 14.5 Å². The number of hydrogen-bond donors (Lipinski definition) is 3. The van der Waals surface area contributed by atoms with E-state index >= 15 is 0 Å². The Kier molecular flexibility index (Phi) is 4.44. The van der Waals surface area contributed by atoms with Crippen molar-refractivity contribution >= 4 is 28.2 Å². The maximum atomic E-state index is 12.8. The highest BCUT2D eigenvalue weighted by Gasteiger charge is 2.21. The predicted octanol–water partition coefficient (Wildman–Crippen LogP) is 1.36. The fourth-order valence-corrected chi connectivity index (χ4v) is 2.77. The number of phenolic OH excluding ortho intramolecular Hbond substituents is 1. The monoisotopic (exact) mass is 355 g/mol. The minimum absolute atomic E-state index is 0.0684. The molecule has 3 aromatic rings. The molecular weight excluding hydrogens is 338 g/mol. The Morgan fingerprint density at radius 3 is 2.65 bits per heavy atom. The first-order chi connectivity index (χ1) is 12.5. The number of nitrogens with zero attached hydrogens (tertiary/aromatic N) is 3. The van der Waals surface area contributed by atoms with Gasteiger partial charge in [0.05, 0.1) is 29.1 Å². The van der Waals surface area contributed by atoms with Crippen LogP contribution < -0.4 is 21.3 Å². The van der Waals surface area contributed by atoms with E-state index in [1.807, 2.05) is 0 Å². The number of rotatable bonds is 4. The number of carbonyl (C=O) groups excluding carboxylic acids is 1. The number of phenols is 1. The molecule has 4 N–H and O–H groups in total. The number of nitrogens with one attached hydrogen (secondary N) is 1. The van der Waals surface area contributed by atoms with E-state index in [1.165, 1.54) is 42.5 Å². The van der Waals surface area contributed by atoms with Gasteiger partial charge < -0.3 is 20.9 Å². The Hall–Kier alpha value is -3.62. The van der Waals surface area contributed by atoms with Crippen LogP contribution >= 0.6 is 0 Å². The van der Waals surface area contributed by atoms with E-state index in [2.05, 4.69) is 15.3 Å².